The van der Waals surface area contributed by atoms with Gasteiger partial charge in [0.15, 0.2) is 0 Å². The lowest BCUT2D eigenvalue weighted by atomic mass is 9.94. The van der Waals surface area contributed by atoms with Gasteiger partial charge in [-0.05, 0) is 41.7 Å². The molecule has 0 fully saturated rings. The van der Waals surface area contributed by atoms with Crippen molar-refractivity contribution in [1.82, 2.24) is 9.62 Å². The second-order valence-electron chi connectivity index (χ2n) is 7.11. The second kappa shape index (κ2) is 8.67. The number of hydrogen-bond donors (Lipinski definition) is 1. The van der Waals surface area contributed by atoms with Crippen LogP contribution >= 0.6 is 0 Å². The lowest BCUT2D eigenvalue weighted by Crippen LogP contribution is -2.32. The Balaban J connectivity index is 2.28. The van der Waals surface area contributed by atoms with E-state index in [0.717, 1.165) is 16.3 Å². The molecule has 146 valence electrons. The molecule has 0 aliphatic heterocycles. The number of sulfonamides is 1. The van der Waals surface area contributed by atoms with Crippen molar-refractivity contribution in [2.45, 2.75) is 38.1 Å². The van der Waals surface area contributed by atoms with E-state index in [1.165, 1.54) is 31.8 Å². The summed E-state index contributed by atoms with van der Waals surface area (Å²) in [5, 5.41) is 3.05. The molecule has 0 aliphatic rings. The van der Waals surface area contributed by atoms with Crippen molar-refractivity contribution in [1.29, 1.82) is 0 Å². The molecule has 2 rings (SSSR count). The van der Waals surface area contributed by atoms with Gasteiger partial charge in [-0.15, -0.1) is 0 Å². The molecule has 1 atom stereocenters. The van der Waals surface area contributed by atoms with Crippen LogP contribution < -0.4 is 5.32 Å². The maximum Gasteiger partial charge on any atom is 0.251 e. The number of aryl methyl sites for hydroxylation is 1. The van der Waals surface area contributed by atoms with Gasteiger partial charge in [0, 0.05) is 19.7 Å². The number of nitrogens with one attached hydrogen (secondary N) is 1. The van der Waals surface area contributed by atoms with Crippen molar-refractivity contribution in [3.8, 4) is 0 Å². The zero-order chi connectivity index (χ0) is 20.2. The maximum atomic E-state index is 12.8. The Morgan fingerprint density at radius 2 is 1.70 bits per heavy atom. The molecule has 0 heterocycles. The first-order valence-electron chi connectivity index (χ1n) is 9.09. The third kappa shape index (κ3) is 4.96. The molecule has 0 saturated carbocycles. The average molecular weight is 389 g/mol. The van der Waals surface area contributed by atoms with Crippen LogP contribution in [0.15, 0.2) is 53.4 Å². The van der Waals surface area contributed by atoms with E-state index < -0.39 is 10.0 Å². The molecule has 27 heavy (non-hydrogen) atoms. The number of carbonyl (C=O) groups excluding carboxylic acids is 1. The Labute approximate surface area is 162 Å². The molecule has 0 saturated heterocycles. The number of rotatable bonds is 7. The highest BCUT2D eigenvalue weighted by atomic mass is 32.2. The van der Waals surface area contributed by atoms with Gasteiger partial charge in [0.05, 0.1) is 10.9 Å². The zero-order valence-corrected chi connectivity index (χ0v) is 17.4. The number of carbonyl (C=O) groups is 1. The van der Waals surface area contributed by atoms with Crippen LogP contribution in [-0.4, -0.2) is 32.7 Å². The van der Waals surface area contributed by atoms with Crippen molar-refractivity contribution >= 4 is 15.9 Å². The molecule has 0 radical (unpaired) electrons. The molecule has 2 aromatic carbocycles. The van der Waals surface area contributed by atoms with Gasteiger partial charge < -0.3 is 5.32 Å². The normalized spacial score (nSPS) is 13.0. The molecule has 0 aromatic heterocycles. The molecule has 0 aliphatic carbocycles. The summed E-state index contributed by atoms with van der Waals surface area (Å²) in [5.74, 6) is -0.0980. The number of amides is 1. The summed E-state index contributed by atoms with van der Waals surface area (Å²) in [6, 6.07) is 14.2. The average Bonchev–Trinajstić information content (AvgIpc) is 2.65. The Kier molecular flexibility index (Phi) is 6.78. The van der Waals surface area contributed by atoms with E-state index in [1.807, 2.05) is 26.0 Å². The number of benzene rings is 2. The van der Waals surface area contributed by atoms with Crippen LogP contribution in [0.25, 0.3) is 0 Å². The first-order valence-corrected chi connectivity index (χ1v) is 10.5. The fourth-order valence-electron chi connectivity index (χ4n) is 2.83. The van der Waals surface area contributed by atoms with E-state index >= 15 is 0 Å². The first kappa shape index (κ1) is 21.1. The monoisotopic (exact) mass is 388 g/mol. The Bertz CT molecular complexity index is 888. The topological polar surface area (TPSA) is 66.5 Å². The van der Waals surface area contributed by atoms with Crippen molar-refractivity contribution in [2.75, 3.05) is 14.1 Å². The van der Waals surface area contributed by atoms with Gasteiger partial charge in [-0.2, -0.15) is 0 Å². The van der Waals surface area contributed by atoms with E-state index in [4.69, 9.17) is 0 Å². The van der Waals surface area contributed by atoms with E-state index in [9.17, 15) is 13.2 Å². The van der Waals surface area contributed by atoms with Crippen LogP contribution in [0.1, 0.15) is 48.3 Å². The van der Waals surface area contributed by atoms with Crippen molar-refractivity contribution < 1.29 is 13.2 Å². The molecular formula is C21H28N2O3S. The minimum atomic E-state index is -3.58. The van der Waals surface area contributed by atoms with E-state index in [1.54, 1.807) is 12.1 Å². The van der Waals surface area contributed by atoms with Crippen LogP contribution in [0.2, 0.25) is 0 Å². The van der Waals surface area contributed by atoms with E-state index in [-0.39, 0.29) is 22.8 Å². The summed E-state index contributed by atoms with van der Waals surface area (Å²) in [6.07, 6.45) is 0.964. The summed E-state index contributed by atoms with van der Waals surface area (Å²) in [4.78, 5) is 12.9. The summed E-state index contributed by atoms with van der Waals surface area (Å²) < 4.78 is 25.8. The quantitative estimate of drug-likeness (QED) is 0.788. The van der Waals surface area contributed by atoms with Crippen LogP contribution in [-0.2, 0) is 16.4 Å². The molecule has 0 bridgehead atoms. The lowest BCUT2D eigenvalue weighted by molar-refractivity contribution is 0.0925. The van der Waals surface area contributed by atoms with Gasteiger partial charge in [0.1, 0.15) is 0 Å². The number of nitrogens with zero attached hydrogens (tertiary/aromatic N) is 1. The predicted molar refractivity (Wildman–Crippen MR) is 108 cm³/mol. The standard InChI is InChI=1S/C21H28N2O3S/c1-6-16-10-12-17(13-11-16)20(15(2)3)22-21(24)18-8-7-9-19(14-18)27(25,26)23(4)5/h7-15,20H,6H2,1-5H3,(H,22,24)/t20-/m1/s1. The summed E-state index contributed by atoms with van der Waals surface area (Å²) in [5.41, 5.74) is 2.61. The second-order valence-corrected chi connectivity index (χ2v) is 9.26. The van der Waals surface area contributed by atoms with Gasteiger partial charge in [0.25, 0.3) is 5.91 Å². The summed E-state index contributed by atoms with van der Waals surface area (Å²) in [7, 11) is -0.646. The first-order chi connectivity index (χ1) is 12.7. The van der Waals surface area contributed by atoms with E-state index in [2.05, 4.69) is 24.4 Å². The Morgan fingerprint density at radius 1 is 1.07 bits per heavy atom. The molecule has 1 amide bonds. The number of hydrogen-bond acceptors (Lipinski definition) is 3. The molecular weight excluding hydrogens is 360 g/mol. The molecule has 0 unspecified atom stereocenters. The third-order valence-electron chi connectivity index (χ3n) is 4.58. The minimum absolute atomic E-state index is 0.105. The minimum Gasteiger partial charge on any atom is -0.345 e. The van der Waals surface area contributed by atoms with Crippen molar-refractivity contribution in [3.63, 3.8) is 0 Å². The van der Waals surface area contributed by atoms with Crippen molar-refractivity contribution in [3.05, 3.63) is 65.2 Å². The van der Waals surface area contributed by atoms with Gasteiger partial charge in [0.2, 0.25) is 10.0 Å². The smallest absolute Gasteiger partial charge is 0.251 e. The molecule has 6 heteroatoms. The Hall–Kier alpha value is -2.18. The highest BCUT2D eigenvalue weighted by Crippen LogP contribution is 2.23. The molecule has 1 N–H and O–H groups in total. The molecule has 5 nitrogen and oxygen atoms in total. The van der Waals surface area contributed by atoms with Crippen LogP contribution in [0.5, 0.6) is 0 Å². The maximum absolute atomic E-state index is 12.8. The zero-order valence-electron chi connectivity index (χ0n) is 16.6. The fourth-order valence-corrected chi connectivity index (χ4v) is 3.78. The molecule has 2 aromatic rings. The highest BCUT2D eigenvalue weighted by molar-refractivity contribution is 7.89. The highest BCUT2D eigenvalue weighted by Gasteiger charge is 2.22. The van der Waals surface area contributed by atoms with Crippen LogP contribution in [0.4, 0.5) is 0 Å². The van der Waals surface area contributed by atoms with Crippen molar-refractivity contribution in [2.24, 2.45) is 5.92 Å². The van der Waals surface area contributed by atoms with Crippen LogP contribution in [0.3, 0.4) is 0 Å². The summed E-state index contributed by atoms with van der Waals surface area (Å²) >= 11 is 0. The summed E-state index contributed by atoms with van der Waals surface area (Å²) in [6.45, 7) is 6.20. The van der Waals surface area contributed by atoms with E-state index in [0.29, 0.717) is 5.56 Å². The van der Waals surface area contributed by atoms with Gasteiger partial charge in [-0.1, -0.05) is 51.1 Å². The largest absolute Gasteiger partial charge is 0.345 e. The van der Waals surface area contributed by atoms with Crippen LogP contribution in [0, 0.1) is 5.92 Å². The fraction of sp³-hybridized carbons (Fsp3) is 0.381. The lowest BCUT2D eigenvalue weighted by Gasteiger charge is -2.23. The third-order valence-corrected chi connectivity index (χ3v) is 6.39. The SMILES string of the molecule is CCc1ccc([C@H](NC(=O)c2cccc(S(=O)(=O)N(C)C)c2)C(C)C)cc1. The van der Waals surface area contributed by atoms with Gasteiger partial charge in [-0.3, -0.25) is 4.79 Å². The van der Waals surface area contributed by atoms with Gasteiger partial charge >= 0.3 is 0 Å². The molecule has 0 spiro atoms. The predicted octanol–water partition coefficient (Wildman–Crippen LogP) is 3.63. The Morgan fingerprint density at radius 3 is 2.22 bits per heavy atom. The van der Waals surface area contributed by atoms with Gasteiger partial charge in [-0.25, -0.2) is 12.7 Å².